The van der Waals surface area contributed by atoms with Crippen LogP contribution in [0, 0.1) is 10.1 Å². The molecule has 0 fully saturated rings. The summed E-state index contributed by atoms with van der Waals surface area (Å²) in [5.74, 6) is 0. The third-order valence-corrected chi connectivity index (χ3v) is 2.65. The maximum atomic E-state index is 11.2. The maximum absolute atomic E-state index is 11.2. The van der Waals surface area contributed by atoms with Crippen LogP contribution in [0.5, 0.6) is 0 Å². The molecule has 0 unspecified atom stereocenters. The molecule has 17 heavy (non-hydrogen) atoms. The molecule has 0 bridgehead atoms. The van der Waals surface area contributed by atoms with Crippen LogP contribution >= 0.6 is 0 Å². The van der Waals surface area contributed by atoms with E-state index in [1.54, 1.807) is 12.1 Å². The molecular formula is C13H14N2O2. The van der Waals surface area contributed by atoms with Crippen LogP contribution in [0.4, 0.5) is 11.4 Å². The van der Waals surface area contributed by atoms with Gasteiger partial charge in [0.1, 0.15) is 5.69 Å². The van der Waals surface area contributed by atoms with Crippen molar-refractivity contribution in [3.05, 3.63) is 46.5 Å². The van der Waals surface area contributed by atoms with Crippen LogP contribution in [0.15, 0.2) is 36.4 Å². The van der Waals surface area contributed by atoms with E-state index in [9.17, 15) is 10.1 Å². The summed E-state index contributed by atoms with van der Waals surface area (Å²) in [5, 5.41) is 15.8. The van der Waals surface area contributed by atoms with Gasteiger partial charge in [-0.3, -0.25) is 10.1 Å². The van der Waals surface area contributed by atoms with E-state index in [2.05, 4.69) is 5.32 Å². The van der Waals surface area contributed by atoms with Gasteiger partial charge in [0.05, 0.1) is 10.3 Å². The SMILES string of the molecule is CCCNc1ccc2ccccc2c1[N+](=O)[O-]. The Labute approximate surface area is 99.4 Å². The minimum atomic E-state index is -0.319. The highest BCUT2D eigenvalue weighted by Gasteiger charge is 2.17. The van der Waals surface area contributed by atoms with Gasteiger partial charge < -0.3 is 5.32 Å². The zero-order chi connectivity index (χ0) is 12.3. The summed E-state index contributed by atoms with van der Waals surface area (Å²) in [4.78, 5) is 10.8. The fraction of sp³-hybridized carbons (Fsp3) is 0.231. The summed E-state index contributed by atoms with van der Waals surface area (Å²) in [6.45, 7) is 2.76. The Balaban J connectivity index is 2.60. The highest BCUT2D eigenvalue weighted by atomic mass is 16.6. The average molecular weight is 230 g/mol. The van der Waals surface area contributed by atoms with Crippen molar-refractivity contribution in [3.63, 3.8) is 0 Å². The second-order valence-electron chi connectivity index (χ2n) is 3.87. The molecule has 0 saturated heterocycles. The molecule has 0 aromatic heterocycles. The van der Waals surface area contributed by atoms with E-state index < -0.39 is 0 Å². The number of anilines is 1. The van der Waals surface area contributed by atoms with E-state index >= 15 is 0 Å². The molecule has 0 radical (unpaired) electrons. The molecule has 2 aromatic carbocycles. The van der Waals surface area contributed by atoms with Crippen molar-refractivity contribution in [2.24, 2.45) is 0 Å². The van der Waals surface area contributed by atoms with Gasteiger partial charge in [-0.15, -0.1) is 0 Å². The number of rotatable bonds is 4. The lowest BCUT2D eigenvalue weighted by Crippen LogP contribution is -2.03. The summed E-state index contributed by atoms with van der Waals surface area (Å²) in [6, 6.07) is 11.0. The van der Waals surface area contributed by atoms with Crippen LogP contribution < -0.4 is 5.32 Å². The van der Waals surface area contributed by atoms with E-state index in [0.717, 1.165) is 18.4 Å². The fourth-order valence-electron chi connectivity index (χ4n) is 1.85. The quantitative estimate of drug-likeness (QED) is 0.645. The molecule has 2 aromatic rings. The van der Waals surface area contributed by atoms with E-state index in [4.69, 9.17) is 0 Å². The van der Waals surface area contributed by atoms with Gasteiger partial charge in [-0.2, -0.15) is 0 Å². The summed E-state index contributed by atoms with van der Waals surface area (Å²) < 4.78 is 0. The van der Waals surface area contributed by atoms with Gasteiger partial charge in [0.15, 0.2) is 0 Å². The van der Waals surface area contributed by atoms with E-state index in [-0.39, 0.29) is 10.6 Å². The first-order valence-corrected chi connectivity index (χ1v) is 5.64. The van der Waals surface area contributed by atoms with Crippen LogP contribution in [-0.4, -0.2) is 11.5 Å². The molecule has 4 heteroatoms. The number of nitrogens with one attached hydrogen (secondary N) is 1. The predicted octanol–water partition coefficient (Wildman–Crippen LogP) is 3.57. The number of nitrogens with zero attached hydrogens (tertiary/aromatic N) is 1. The number of fused-ring (bicyclic) bond motifs is 1. The van der Waals surface area contributed by atoms with E-state index in [1.807, 2.05) is 31.2 Å². The molecule has 0 aliphatic rings. The summed E-state index contributed by atoms with van der Waals surface area (Å²) in [6.07, 6.45) is 0.935. The largest absolute Gasteiger partial charge is 0.379 e. The van der Waals surface area contributed by atoms with E-state index in [0.29, 0.717) is 11.1 Å². The molecule has 1 N–H and O–H groups in total. The van der Waals surface area contributed by atoms with Gasteiger partial charge in [0.25, 0.3) is 5.69 Å². The monoisotopic (exact) mass is 230 g/mol. The van der Waals surface area contributed by atoms with Gasteiger partial charge in [-0.1, -0.05) is 31.2 Å². The van der Waals surface area contributed by atoms with Crippen molar-refractivity contribution in [3.8, 4) is 0 Å². The molecule has 0 amide bonds. The molecule has 4 nitrogen and oxygen atoms in total. The lowest BCUT2D eigenvalue weighted by molar-refractivity contribution is -0.382. The van der Waals surface area contributed by atoms with Crippen molar-refractivity contribution in [1.29, 1.82) is 0 Å². The smallest absolute Gasteiger partial charge is 0.300 e. The van der Waals surface area contributed by atoms with Gasteiger partial charge in [-0.05, 0) is 23.9 Å². The summed E-state index contributed by atoms with van der Waals surface area (Å²) in [5.41, 5.74) is 0.757. The number of hydrogen-bond acceptors (Lipinski definition) is 3. The first kappa shape index (κ1) is 11.4. The van der Waals surface area contributed by atoms with Gasteiger partial charge in [0, 0.05) is 6.54 Å². The Bertz CT molecular complexity index is 552. The Kier molecular flexibility index (Phi) is 3.23. The van der Waals surface area contributed by atoms with Crippen molar-refractivity contribution < 1.29 is 4.92 Å². The minimum Gasteiger partial charge on any atom is -0.379 e. The van der Waals surface area contributed by atoms with Crippen molar-refractivity contribution in [2.75, 3.05) is 11.9 Å². The van der Waals surface area contributed by atoms with Gasteiger partial charge in [0.2, 0.25) is 0 Å². The molecule has 0 heterocycles. The van der Waals surface area contributed by atoms with Crippen molar-refractivity contribution >= 4 is 22.1 Å². The van der Waals surface area contributed by atoms with Crippen LogP contribution in [0.3, 0.4) is 0 Å². The third kappa shape index (κ3) is 2.20. The highest BCUT2D eigenvalue weighted by Crippen LogP contribution is 2.33. The zero-order valence-corrected chi connectivity index (χ0v) is 9.64. The molecule has 0 aliphatic heterocycles. The average Bonchev–Trinajstić information content (AvgIpc) is 2.35. The Morgan fingerprint density at radius 1 is 1.24 bits per heavy atom. The molecule has 0 atom stereocenters. The number of nitro groups is 1. The van der Waals surface area contributed by atoms with Crippen molar-refractivity contribution in [2.45, 2.75) is 13.3 Å². The molecule has 88 valence electrons. The number of benzene rings is 2. The normalized spacial score (nSPS) is 10.4. The molecular weight excluding hydrogens is 216 g/mol. The second kappa shape index (κ2) is 4.82. The van der Waals surface area contributed by atoms with Crippen LogP contribution in [0.25, 0.3) is 10.8 Å². The molecule has 0 spiro atoms. The van der Waals surface area contributed by atoms with E-state index in [1.165, 1.54) is 0 Å². The lowest BCUT2D eigenvalue weighted by Gasteiger charge is -2.07. The maximum Gasteiger partial charge on any atom is 0.300 e. The highest BCUT2D eigenvalue weighted by molar-refractivity contribution is 5.96. The van der Waals surface area contributed by atoms with Crippen molar-refractivity contribution in [1.82, 2.24) is 0 Å². The summed E-state index contributed by atoms with van der Waals surface area (Å²) >= 11 is 0. The Hall–Kier alpha value is -2.10. The predicted molar refractivity (Wildman–Crippen MR) is 69.4 cm³/mol. The molecule has 2 rings (SSSR count). The minimum absolute atomic E-state index is 0.163. The van der Waals surface area contributed by atoms with Crippen LogP contribution in [0.2, 0.25) is 0 Å². The summed E-state index contributed by atoms with van der Waals surface area (Å²) in [7, 11) is 0. The van der Waals surface area contributed by atoms with Crippen LogP contribution in [-0.2, 0) is 0 Å². The zero-order valence-electron chi connectivity index (χ0n) is 9.64. The molecule has 0 aliphatic carbocycles. The Morgan fingerprint density at radius 3 is 2.71 bits per heavy atom. The fourth-order valence-corrected chi connectivity index (χ4v) is 1.85. The second-order valence-corrected chi connectivity index (χ2v) is 3.87. The standard InChI is InChI=1S/C13H14N2O2/c1-2-9-14-12-8-7-10-5-3-4-6-11(10)13(12)15(16)17/h3-8,14H,2,9H2,1H3. The van der Waals surface area contributed by atoms with Crippen LogP contribution in [0.1, 0.15) is 13.3 Å². The first-order chi connectivity index (χ1) is 8.24. The van der Waals surface area contributed by atoms with Gasteiger partial charge in [-0.25, -0.2) is 0 Å². The first-order valence-electron chi connectivity index (χ1n) is 5.64. The van der Waals surface area contributed by atoms with Gasteiger partial charge >= 0.3 is 0 Å². The lowest BCUT2D eigenvalue weighted by atomic mass is 10.1. The third-order valence-electron chi connectivity index (χ3n) is 2.65. The number of hydrogen-bond donors (Lipinski definition) is 1. The number of nitro benzene ring substituents is 1. The molecule has 0 saturated carbocycles. The Morgan fingerprint density at radius 2 is 2.00 bits per heavy atom. The topological polar surface area (TPSA) is 55.2 Å².